The van der Waals surface area contributed by atoms with Gasteiger partial charge in [-0.15, -0.1) is 0 Å². The highest BCUT2D eigenvalue weighted by molar-refractivity contribution is 9.10. The number of nitrogens with zero attached hydrogens (tertiary/aromatic N) is 4. The van der Waals surface area contributed by atoms with E-state index in [4.69, 9.17) is 0 Å². The van der Waals surface area contributed by atoms with Crippen LogP contribution in [0.4, 0.5) is 0 Å². The Morgan fingerprint density at radius 1 is 1.32 bits per heavy atom. The summed E-state index contributed by atoms with van der Waals surface area (Å²) in [5.74, 6) is 1.04. The average molecular weight is 326 g/mol. The molecule has 0 saturated carbocycles. The van der Waals surface area contributed by atoms with Crippen molar-refractivity contribution in [2.24, 2.45) is 7.05 Å². The second-order valence-electron chi connectivity index (χ2n) is 4.43. The summed E-state index contributed by atoms with van der Waals surface area (Å²) in [4.78, 5) is 4.30. The number of hydrogen-bond acceptors (Lipinski definition) is 3. The van der Waals surface area contributed by atoms with Crippen LogP contribution in [0, 0.1) is 0 Å². The highest BCUT2D eigenvalue weighted by Crippen LogP contribution is 2.22. The molecule has 0 fully saturated rings. The van der Waals surface area contributed by atoms with E-state index in [-0.39, 0.29) is 0 Å². The SMILES string of the molecule is CCc1nn(CC)c(CNCc2nccn2C)c1Br. The molecule has 6 heteroatoms. The molecule has 0 saturated heterocycles. The third-order valence-electron chi connectivity index (χ3n) is 3.19. The summed E-state index contributed by atoms with van der Waals surface area (Å²) in [5, 5.41) is 8.01. The topological polar surface area (TPSA) is 47.7 Å². The highest BCUT2D eigenvalue weighted by atomic mass is 79.9. The largest absolute Gasteiger partial charge is 0.337 e. The van der Waals surface area contributed by atoms with Gasteiger partial charge >= 0.3 is 0 Å². The summed E-state index contributed by atoms with van der Waals surface area (Å²) in [6, 6.07) is 0. The molecule has 0 spiro atoms. The van der Waals surface area contributed by atoms with E-state index >= 15 is 0 Å². The minimum Gasteiger partial charge on any atom is -0.337 e. The van der Waals surface area contributed by atoms with Gasteiger partial charge in [-0.05, 0) is 29.3 Å². The monoisotopic (exact) mass is 325 g/mol. The molecule has 0 aliphatic heterocycles. The van der Waals surface area contributed by atoms with Crippen LogP contribution in [-0.4, -0.2) is 19.3 Å². The van der Waals surface area contributed by atoms with E-state index in [2.05, 4.69) is 45.2 Å². The fourth-order valence-electron chi connectivity index (χ4n) is 2.05. The van der Waals surface area contributed by atoms with Gasteiger partial charge in [0.15, 0.2) is 0 Å². The molecule has 0 radical (unpaired) electrons. The second-order valence-corrected chi connectivity index (χ2v) is 5.23. The van der Waals surface area contributed by atoms with Crippen molar-refractivity contribution in [3.8, 4) is 0 Å². The summed E-state index contributed by atoms with van der Waals surface area (Å²) in [6.45, 7) is 6.66. The van der Waals surface area contributed by atoms with Gasteiger partial charge in [-0.25, -0.2) is 4.98 Å². The van der Waals surface area contributed by atoms with Crippen molar-refractivity contribution in [2.75, 3.05) is 0 Å². The van der Waals surface area contributed by atoms with Gasteiger partial charge in [0.1, 0.15) is 5.82 Å². The Balaban J connectivity index is 2.03. The van der Waals surface area contributed by atoms with E-state index in [0.29, 0.717) is 0 Å². The molecule has 1 N–H and O–H groups in total. The lowest BCUT2D eigenvalue weighted by Gasteiger charge is -2.07. The minimum absolute atomic E-state index is 0.756. The van der Waals surface area contributed by atoms with Crippen LogP contribution in [0.1, 0.15) is 31.1 Å². The molecule has 19 heavy (non-hydrogen) atoms. The fourth-order valence-corrected chi connectivity index (χ4v) is 2.75. The lowest BCUT2D eigenvalue weighted by Crippen LogP contribution is -2.18. The van der Waals surface area contributed by atoms with Gasteiger partial charge in [-0.2, -0.15) is 5.10 Å². The van der Waals surface area contributed by atoms with Crippen LogP contribution in [0.25, 0.3) is 0 Å². The minimum atomic E-state index is 0.756. The Morgan fingerprint density at radius 2 is 2.11 bits per heavy atom. The normalized spacial score (nSPS) is 11.2. The molecular weight excluding hydrogens is 306 g/mol. The maximum Gasteiger partial charge on any atom is 0.122 e. The van der Waals surface area contributed by atoms with E-state index in [1.54, 1.807) is 0 Å². The van der Waals surface area contributed by atoms with Crippen molar-refractivity contribution in [3.63, 3.8) is 0 Å². The van der Waals surface area contributed by atoms with Crippen molar-refractivity contribution < 1.29 is 0 Å². The van der Waals surface area contributed by atoms with Crippen LogP contribution in [0.3, 0.4) is 0 Å². The van der Waals surface area contributed by atoms with Gasteiger partial charge in [-0.1, -0.05) is 6.92 Å². The van der Waals surface area contributed by atoms with Crippen molar-refractivity contribution >= 4 is 15.9 Å². The maximum absolute atomic E-state index is 4.59. The van der Waals surface area contributed by atoms with Crippen LogP contribution in [-0.2, 0) is 33.1 Å². The summed E-state index contributed by atoms with van der Waals surface area (Å²) >= 11 is 3.65. The summed E-state index contributed by atoms with van der Waals surface area (Å²) in [5.41, 5.74) is 2.32. The Hall–Kier alpha value is -1.14. The number of aromatic nitrogens is 4. The van der Waals surface area contributed by atoms with E-state index in [1.807, 2.05) is 28.7 Å². The Bertz CT molecular complexity index is 543. The van der Waals surface area contributed by atoms with Gasteiger partial charge < -0.3 is 9.88 Å². The van der Waals surface area contributed by atoms with Crippen LogP contribution in [0.15, 0.2) is 16.9 Å². The zero-order chi connectivity index (χ0) is 13.8. The summed E-state index contributed by atoms with van der Waals surface area (Å²) < 4.78 is 5.20. The van der Waals surface area contributed by atoms with Crippen LogP contribution in [0.5, 0.6) is 0 Å². The van der Waals surface area contributed by atoms with Gasteiger partial charge in [0.25, 0.3) is 0 Å². The third kappa shape index (κ3) is 3.06. The quantitative estimate of drug-likeness (QED) is 0.886. The van der Waals surface area contributed by atoms with E-state index in [0.717, 1.165) is 42.0 Å². The predicted octanol–water partition coefficient (Wildman–Crippen LogP) is 2.25. The molecule has 0 aliphatic rings. The first-order valence-corrected chi connectivity index (χ1v) is 7.37. The fraction of sp³-hybridized carbons (Fsp3) is 0.538. The summed E-state index contributed by atoms with van der Waals surface area (Å²) in [7, 11) is 2.01. The number of rotatable bonds is 6. The van der Waals surface area contributed by atoms with Crippen molar-refractivity contribution in [1.82, 2.24) is 24.6 Å². The van der Waals surface area contributed by atoms with Crippen molar-refractivity contribution in [2.45, 2.75) is 39.9 Å². The number of aryl methyl sites for hydroxylation is 3. The maximum atomic E-state index is 4.59. The second kappa shape index (κ2) is 6.34. The van der Waals surface area contributed by atoms with Crippen LogP contribution in [0.2, 0.25) is 0 Å². The first kappa shape index (κ1) is 14.3. The van der Waals surface area contributed by atoms with Crippen molar-refractivity contribution in [3.05, 3.63) is 34.1 Å². The first-order chi connectivity index (χ1) is 9.17. The van der Waals surface area contributed by atoms with Crippen LogP contribution < -0.4 is 5.32 Å². The molecule has 2 aromatic heterocycles. The molecule has 2 rings (SSSR count). The molecule has 5 nitrogen and oxygen atoms in total. The summed E-state index contributed by atoms with van der Waals surface area (Å²) in [6.07, 6.45) is 4.72. The van der Waals surface area contributed by atoms with Crippen LogP contribution >= 0.6 is 15.9 Å². The molecule has 0 amide bonds. The van der Waals surface area contributed by atoms with Crippen molar-refractivity contribution in [1.29, 1.82) is 0 Å². The van der Waals surface area contributed by atoms with E-state index < -0.39 is 0 Å². The molecule has 0 atom stereocenters. The van der Waals surface area contributed by atoms with E-state index in [9.17, 15) is 0 Å². The lowest BCUT2D eigenvalue weighted by atomic mass is 10.3. The van der Waals surface area contributed by atoms with E-state index in [1.165, 1.54) is 5.69 Å². The highest BCUT2D eigenvalue weighted by Gasteiger charge is 2.13. The number of hydrogen-bond donors (Lipinski definition) is 1. The molecule has 0 unspecified atom stereocenters. The zero-order valence-electron chi connectivity index (χ0n) is 11.6. The Morgan fingerprint density at radius 3 is 2.68 bits per heavy atom. The molecule has 2 heterocycles. The average Bonchev–Trinajstić information content (AvgIpc) is 2.95. The smallest absolute Gasteiger partial charge is 0.122 e. The predicted molar refractivity (Wildman–Crippen MR) is 78.7 cm³/mol. The molecular formula is C13H20BrN5. The van der Waals surface area contributed by atoms with Gasteiger partial charge in [-0.3, -0.25) is 4.68 Å². The standard InChI is InChI=1S/C13H20BrN5/c1-4-10-13(14)11(19(5-2)17-10)8-15-9-12-16-6-7-18(12)3/h6-7,15H,4-5,8-9H2,1-3H3. The molecule has 0 aromatic carbocycles. The number of halogens is 1. The number of nitrogens with one attached hydrogen (secondary N) is 1. The zero-order valence-corrected chi connectivity index (χ0v) is 13.2. The van der Waals surface area contributed by atoms with Gasteiger partial charge in [0.2, 0.25) is 0 Å². The Labute approximate surface area is 122 Å². The first-order valence-electron chi connectivity index (χ1n) is 6.58. The number of imidazole rings is 1. The van der Waals surface area contributed by atoms with Gasteiger partial charge in [0.05, 0.1) is 22.4 Å². The lowest BCUT2D eigenvalue weighted by molar-refractivity contribution is 0.565. The molecule has 2 aromatic rings. The Kier molecular flexibility index (Phi) is 4.76. The third-order valence-corrected chi connectivity index (χ3v) is 4.11. The molecule has 0 bridgehead atoms. The molecule has 104 valence electrons. The van der Waals surface area contributed by atoms with Gasteiger partial charge in [0, 0.05) is 32.5 Å². The molecule has 0 aliphatic carbocycles.